The first-order valence-corrected chi connectivity index (χ1v) is 7.00. The Morgan fingerprint density at radius 3 is 2.83 bits per heavy atom. The molecule has 3 nitrogen and oxygen atoms in total. The Hall–Kier alpha value is -0.900. The van der Waals surface area contributed by atoms with Gasteiger partial charge in [0.25, 0.3) is 0 Å². The van der Waals surface area contributed by atoms with Crippen LogP contribution in [0.2, 0.25) is 0 Å². The topological polar surface area (TPSA) is 41.3 Å². The maximum atomic E-state index is 6.19. The van der Waals surface area contributed by atoms with Crippen molar-refractivity contribution in [2.45, 2.75) is 24.9 Å². The Kier molecular flexibility index (Phi) is 3.37. The van der Waals surface area contributed by atoms with Crippen molar-refractivity contribution in [2.24, 2.45) is 11.7 Å². The lowest BCUT2D eigenvalue weighted by Gasteiger charge is -2.17. The van der Waals surface area contributed by atoms with Gasteiger partial charge in [0.1, 0.15) is 0 Å². The second-order valence-corrected chi connectivity index (χ2v) is 5.85. The monoisotopic (exact) mass is 245 g/mol. The van der Waals surface area contributed by atoms with Crippen molar-refractivity contribution in [2.75, 3.05) is 26.7 Å². The van der Waals surface area contributed by atoms with E-state index < -0.39 is 0 Å². The first-order chi connectivity index (χ1) is 8.74. The lowest BCUT2D eigenvalue weighted by molar-refractivity contribution is 0.376. The number of hydrogen-bond donors (Lipinski definition) is 2. The summed E-state index contributed by atoms with van der Waals surface area (Å²) in [4.78, 5) is 2.42. The van der Waals surface area contributed by atoms with Crippen molar-refractivity contribution >= 4 is 0 Å². The van der Waals surface area contributed by atoms with E-state index in [9.17, 15) is 0 Å². The molecular formula is C15H23N3. The maximum absolute atomic E-state index is 6.19. The number of fused-ring (bicyclic) bond motifs is 1. The molecule has 1 aromatic rings. The van der Waals surface area contributed by atoms with E-state index in [4.69, 9.17) is 5.73 Å². The highest BCUT2D eigenvalue weighted by Crippen LogP contribution is 2.37. The van der Waals surface area contributed by atoms with Crippen molar-refractivity contribution in [3.63, 3.8) is 0 Å². The van der Waals surface area contributed by atoms with E-state index in [2.05, 4.69) is 41.5 Å². The fraction of sp³-hybridized carbons (Fsp3) is 0.600. The van der Waals surface area contributed by atoms with Gasteiger partial charge in [-0.05, 0) is 50.0 Å². The van der Waals surface area contributed by atoms with Crippen LogP contribution in [0.5, 0.6) is 0 Å². The van der Waals surface area contributed by atoms with E-state index in [1.165, 1.54) is 30.6 Å². The van der Waals surface area contributed by atoms with Crippen LogP contribution in [0.3, 0.4) is 0 Å². The highest BCUT2D eigenvalue weighted by Gasteiger charge is 2.29. The predicted octanol–water partition coefficient (Wildman–Crippen LogP) is 1.67. The molecule has 0 saturated carbocycles. The summed E-state index contributed by atoms with van der Waals surface area (Å²) in [5.41, 5.74) is 8.94. The molecule has 1 heterocycles. The zero-order chi connectivity index (χ0) is 12.5. The minimum absolute atomic E-state index is 0.213. The van der Waals surface area contributed by atoms with Gasteiger partial charge in [0.05, 0.1) is 0 Å². The van der Waals surface area contributed by atoms with Crippen LogP contribution >= 0.6 is 0 Å². The fourth-order valence-corrected chi connectivity index (χ4v) is 3.37. The first kappa shape index (κ1) is 12.2. The van der Waals surface area contributed by atoms with Crippen LogP contribution in [0.25, 0.3) is 0 Å². The quantitative estimate of drug-likeness (QED) is 0.851. The lowest BCUT2D eigenvalue weighted by atomic mass is 10.1. The van der Waals surface area contributed by atoms with Crippen LogP contribution in [0, 0.1) is 5.92 Å². The van der Waals surface area contributed by atoms with E-state index >= 15 is 0 Å². The number of nitrogens with two attached hydrogens (primary N) is 1. The third kappa shape index (κ3) is 2.30. The highest BCUT2D eigenvalue weighted by atomic mass is 15.1. The molecule has 0 amide bonds. The SMILES string of the molecule is CN1CCC(CNC2CC(N)c3ccccc32)C1. The Morgan fingerprint density at radius 2 is 2.11 bits per heavy atom. The van der Waals surface area contributed by atoms with Gasteiger partial charge in [-0.3, -0.25) is 0 Å². The molecule has 3 atom stereocenters. The largest absolute Gasteiger partial charge is 0.324 e. The standard InChI is InChI=1S/C15H23N3/c1-18-7-6-11(10-18)9-17-15-8-14(16)12-4-2-3-5-13(12)15/h2-5,11,14-15,17H,6-10,16H2,1H3. The summed E-state index contributed by atoms with van der Waals surface area (Å²) in [6.07, 6.45) is 2.37. The fourth-order valence-electron chi connectivity index (χ4n) is 3.37. The number of nitrogens with zero attached hydrogens (tertiary/aromatic N) is 1. The highest BCUT2D eigenvalue weighted by molar-refractivity contribution is 5.37. The molecule has 3 heteroatoms. The van der Waals surface area contributed by atoms with Crippen molar-refractivity contribution in [3.8, 4) is 0 Å². The second kappa shape index (κ2) is 5.00. The van der Waals surface area contributed by atoms with Gasteiger partial charge in [-0.15, -0.1) is 0 Å². The van der Waals surface area contributed by atoms with Crippen LogP contribution in [-0.4, -0.2) is 31.6 Å². The summed E-state index contributed by atoms with van der Waals surface area (Å²) in [5, 5.41) is 3.72. The Morgan fingerprint density at radius 1 is 1.33 bits per heavy atom. The summed E-state index contributed by atoms with van der Waals surface area (Å²) < 4.78 is 0. The molecule has 3 N–H and O–H groups in total. The Balaban J connectivity index is 1.61. The molecule has 3 unspecified atom stereocenters. The lowest BCUT2D eigenvalue weighted by Crippen LogP contribution is -2.28. The van der Waals surface area contributed by atoms with E-state index in [-0.39, 0.29) is 6.04 Å². The Bertz CT molecular complexity index is 418. The van der Waals surface area contributed by atoms with Gasteiger partial charge in [-0.25, -0.2) is 0 Å². The molecular weight excluding hydrogens is 222 g/mol. The Labute approximate surface area is 109 Å². The second-order valence-electron chi connectivity index (χ2n) is 5.85. The summed E-state index contributed by atoms with van der Waals surface area (Å²) in [5.74, 6) is 0.805. The zero-order valence-electron chi connectivity index (χ0n) is 11.1. The summed E-state index contributed by atoms with van der Waals surface area (Å²) in [6, 6.07) is 9.28. The average molecular weight is 245 g/mol. The minimum atomic E-state index is 0.213. The van der Waals surface area contributed by atoms with Crippen LogP contribution in [0.15, 0.2) is 24.3 Å². The molecule has 2 aliphatic rings. The molecule has 1 aromatic carbocycles. The predicted molar refractivity (Wildman–Crippen MR) is 74.3 cm³/mol. The molecule has 18 heavy (non-hydrogen) atoms. The van der Waals surface area contributed by atoms with Crippen molar-refractivity contribution in [1.82, 2.24) is 10.2 Å². The van der Waals surface area contributed by atoms with Crippen LogP contribution in [-0.2, 0) is 0 Å². The van der Waals surface area contributed by atoms with Gasteiger partial charge in [-0.1, -0.05) is 24.3 Å². The summed E-state index contributed by atoms with van der Waals surface area (Å²) in [7, 11) is 2.21. The number of hydrogen-bond acceptors (Lipinski definition) is 3. The number of benzene rings is 1. The van der Waals surface area contributed by atoms with E-state index in [1.807, 2.05) is 0 Å². The van der Waals surface area contributed by atoms with Gasteiger partial charge in [0.2, 0.25) is 0 Å². The van der Waals surface area contributed by atoms with Gasteiger partial charge in [0, 0.05) is 18.6 Å². The zero-order valence-corrected chi connectivity index (χ0v) is 11.1. The molecule has 1 aliphatic heterocycles. The number of likely N-dealkylation sites (tertiary alicyclic amines) is 1. The minimum Gasteiger partial charge on any atom is -0.324 e. The van der Waals surface area contributed by atoms with Crippen LogP contribution in [0.4, 0.5) is 0 Å². The maximum Gasteiger partial charge on any atom is 0.0341 e. The van der Waals surface area contributed by atoms with Crippen molar-refractivity contribution in [3.05, 3.63) is 35.4 Å². The molecule has 0 radical (unpaired) electrons. The molecule has 1 saturated heterocycles. The molecule has 1 aliphatic carbocycles. The third-order valence-electron chi connectivity index (χ3n) is 4.40. The summed E-state index contributed by atoms with van der Waals surface area (Å²) in [6.45, 7) is 3.59. The van der Waals surface area contributed by atoms with Crippen LogP contribution in [0.1, 0.15) is 36.1 Å². The van der Waals surface area contributed by atoms with Gasteiger partial charge >= 0.3 is 0 Å². The molecule has 0 bridgehead atoms. The van der Waals surface area contributed by atoms with E-state index in [0.717, 1.165) is 18.9 Å². The molecule has 0 aromatic heterocycles. The molecule has 1 fully saturated rings. The molecule has 0 spiro atoms. The third-order valence-corrected chi connectivity index (χ3v) is 4.40. The number of rotatable bonds is 3. The van der Waals surface area contributed by atoms with Gasteiger partial charge < -0.3 is 16.0 Å². The number of nitrogens with one attached hydrogen (secondary N) is 1. The molecule has 3 rings (SSSR count). The molecule has 98 valence electrons. The summed E-state index contributed by atoms with van der Waals surface area (Å²) >= 11 is 0. The smallest absolute Gasteiger partial charge is 0.0341 e. The van der Waals surface area contributed by atoms with Crippen molar-refractivity contribution < 1.29 is 0 Å². The van der Waals surface area contributed by atoms with Crippen LogP contribution < -0.4 is 11.1 Å². The van der Waals surface area contributed by atoms with Gasteiger partial charge in [0.15, 0.2) is 0 Å². The normalized spacial score (nSPS) is 31.8. The van der Waals surface area contributed by atoms with Gasteiger partial charge in [-0.2, -0.15) is 0 Å². The average Bonchev–Trinajstić information content (AvgIpc) is 2.92. The first-order valence-electron chi connectivity index (χ1n) is 7.00. The van der Waals surface area contributed by atoms with E-state index in [1.54, 1.807) is 0 Å². The van der Waals surface area contributed by atoms with E-state index in [0.29, 0.717) is 6.04 Å². The van der Waals surface area contributed by atoms with Crippen molar-refractivity contribution in [1.29, 1.82) is 0 Å².